The van der Waals surface area contributed by atoms with Gasteiger partial charge in [0, 0.05) is 5.38 Å². The van der Waals surface area contributed by atoms with Gasteiger partial charge in [-0.2, -0.15) is 5.10 Å². The fraction of sp³-hybridized carbons (Fsp3) is 0. The Morgan fingerprint density at radius 3 is 3.00 bits per heavy atom. The molecule has 0 spiro atoms. The van der Waals surface area contributed by atoms with Crippen molar-refractivity contribution in [3.05, 3.63) is 16.2 Å². The molecule has 2 rings (SSSR count). The summed E-state index contributed by atoms with van der Waals surface area (Å²) < 4.78 is 0.511. The molecule has 0 unspecified atom stereocenters. The molecule has 0 radical (unpaired) electrons. The van der Waals surface area contributed by atoms with E-state index in [9.17, 15) is 0 Å². The second-order valence-corrected chi connectivity index (χ2v) is 3.26. The van der Waals surface area contributed by atoms with Crippen molar-refractivity contribution < 1.29 is 0 Å². The number of H-pyrrole nitrogens is 1. The van der Waals surface area contributed by atoms with Gasteiger partial charge in [-0.15, -0.1) is 11.3 Å². The molecule has 2 heterocycles. The van der Waals surface area contributed by atoms with Crippen LogP contribution in [0.3, 0.4) is 0 Å². The fourth-order valence-corrected chi connectivity index (χ4v) is 1.44. The minimum atomic E-state index is 0.511. The molecule has 2 aromatic rings. The molecule has 0 amide bonds. The van der Waals surface area contributed by atoms with Gasteiger partial charge in [0.2, 0.25) is 0 Å². The van der Waals surface area contributed by atoms with Crippen molar-refractivity contribution in [3.8, 4) is 11.5 Å². The highest BCUT2D eigenvalue weighted by atomic mass is 35.5. The van der Waals surface area contributed by atoms with Crippen LogP contribution in [-0.2, 0) is 0 Å². The van der Waals surface area contributed by atoms with Crippen molar-refractivity contribution in [2.75, 3.05) is 0 Å². The first kappa shape index (κ1) is 6.75. The number of aromatic nitrogens is 4. The molecular formula is C5H3ClN4S. The second kappa shape index (κ2) is 2.60. The van der Waals surface area contributed by atoms with Gasteiger partial charge in [-0.25, -0.2) is 9.97 Å². The molecule has 0 aliphatic rings. The highest BCUT2D eigenvalue weighted by molar-refractivity contribution is 7.14. The summed E-state index contributed by atoms with van der Waals surface area (Å²) in [6, 6.07) is 0. The molecule has 2 aromatic heterocycles. The van der Waals surface area contributed by atoms with E-state index in [1.165, 1.54) is 17.7 Å². The summed E-state index contributed by atoms with van der Waals surface area (Å²) in [5, 5.41) is 8.21. The molecule has 0 saturated heterocycles. The molecule has 0 bridgehead atoms. The number of hydrogen-bond donors (Lipinski definition) is 1. The van der Waals surface area contributed by atoms with Crippen LogP contribution in [0.2, 0.25) is 4.47 Å². The molecule has 11 heavy (non-hydrogen) atoms. The molecular weight excluding hydrogens is 184 g/mol. The smallest absolute Gasteiger partial charge is 0.184 e. The summed E-state index contributed by atoms with van der Waals surface area (Å²) in [6.45, 7) is 0. The Morgan fingerprint density at radius 2 is 2.45 bits per heavy atom. The minimum Gasteiger partial charge on any atom is -0.258 e. The molecule has 0 aromatic carbocycles. The highest BCUT2D eigenvalue weighted by Gasteiger charge is 2.03. The van der Waals surface area contributed by atoms with Crippen molar-refractivity contribution in [1.29, 1.82) is 0 Å². The van der Waals surface area contributed by atoms with E-state index in [1.807, 2.05) is 5.38 Å². The van der Waals surface area contributed by atoms with Crippen LogP contribution in [0.15, 0.2) is 11.7 Å². The van der Waals surface area contributed by atoms with Gasteiger partial charge < -0.3 is 0 Å². The van der Waals surface area contributed by atoms with Crippen LogP contribution in [0.25, 0.3) is 11.5 Å². The van der Waals surface area contributed by atoms with Crippen molar-refractivity contribution in [1.82, 2.24) is 20.2 Å². The zero-order valence-corrected chi connectivity index (χ0v) is 6.85. The van der Waals surface area contributed by atoms with Crippen molar-refractivity contribution in [2.24, 2.45) is 0 Å². The number of aromatic amines is 1. The number of hydrogen-bond acceptors (Lipinski definition) is 4. The third-order valence-corrected chi connectivity index (χ3v) is 2.11. The predicted octanol–water partition coefficient (Wildman–Crippen LogP) is 1.58. The Balaban J connectivity index is 2.45. The van der Waals surface area contributed by atoms with Crippen molar-refractivity contribution in [2.45, 2.75) is 0 Å². The zero-order chi connectivity index (χ0) is 7.68. The summed E-state index contributed by atoms with van der Waals surface area (Å²) >= 11 is 6.99. The maximum atomic E-state index is 5.62. The van der Waals surface area contributed by atoms with Crippen LogP contribution < -0.4 is 0 Å². The van der Waals surface area contributed by atoms with Crippen LogP contribution in [0.1, 0.15) is 0 Å². The topological polar surface area (TPSA) is 54.5 Å². The van der Waals surface area contributed by atoms with E-state index >= 15 is 0 Å². The third-order valence-electron chi connectivity index (χ3n) is 1.13. The molecule has 0 atom stereocenters. The highest BCUT2D eigenvalue weighted by Crippen LogP contribution is 2.20. The van der Waals surface area contributed by atoms with E-state index in [0.29, 0.717) is 10.3 Å². The maximum Gasteiger partial charge on any atom is 0.184 e. The summed E-state index contributed by atoms with van der Waals surface area (Å²) in [6.07, 6.45) is 1.43. The Kier molecular flexibility index (Phi) is 1.59. The van der Waals surface area contributed by atoms with E-state index in [2.05, 4.69) is 20.2 Å². The minimum absolute atomic E-state index is 0.511. The number of halogens is 1. The van der Waals surface area contributed by atoms with Crippen LogP contribution >= 0.6 is 22.9 Å². The SMILES string of the molecule is Clc1nc(-c2ncn[nH]2)cs1. The van der Waals surface area contributed by atoms with Gasteiger partial charge in [-0.1, -0.05) is 11.6 Å². The normalized spacial score (nSPS) is 10.3. The summed E-state index contributed by atoms with van der Waals surface area (Å²) in [7, 11) is 0. The van der Waals surface area contributed by atoms with Crippen molar-refractivity contribution >= 4 is 22.9 Å². The third kappa shape index (κ3) is 1.24. The number of thiazole rings is 1. The molecule has 0 aliphatic carbocycles. The standard InChI is InChI=1S/C5H3ClN4S/c6-5-9-3(1-11-5)4-7-2-8-10-4/h1-2H,(H,7,8,10). The van der Waals surface area contributed by atoms with Gasteiger partial charge in [-0.3, -0.25) is 5.10 Å². The molecule has 0 aliphatic heterocycles. The van der Waals surface area contributed by atoms with Gasteiger partial charge in [0.25, 0.3) is 0 Å². The first-order valence-electron chi connectivity index (χ1n) is 2.83. The molecule has 1 N–H and O–H groups in total. The summed E-state index contributed by atoms with van der Waals surface area (Å²) in [4.78, 5) is 7.92. The lowest BCUT2D eigenvalue weighted by Crippen LogP contribution is -1.78. The molecule has 0 fully saturated rings. The van der Waals surface area contributed by atoms with E-state index in [4.69, 9.17) is 11.6 Å². The Hall–Kier alpha value is -0.940. The van der Waals surface area contributed by atoms with Crippen LogP contribution in [0, 0.1) is 0 Å². The van der Waals surface area contributed by atoms with Gasteiger partial charge >= 0.3 is 0 Å². The molecule has 56 valence electrons. The van der Waals surface area contributed by atoms with Gasteiger partial charge in [0.15, 0.2) is 10.3 Å². The first-order chi connectivity index (χ1) is 5.36. The second-order valence-electron chi connectivity index (χ2n) is 1.82. The Labute approximate surface area is 71.3 Å². The Morgan fingerprint density at radius 1 is 1.55 bits per heavy atom. The quantitative estimate of drug-likeness (QED) is 0.736. The average Bonchev–Trinajstić information content (AvgIpc) is 2.55. The van der Waals surface area contributed by atoms with E-state index < -0.39 is 0 Å². The summed E-state index contributed by atoms with van der Waals surface area (Å²) in [5.74, 6) is 0.646. The van der Waals surface area contributed by atoms with Crippen LogP contribution in [-0.4, -0.2) is 20.2 Å². The zero-order valence-electron chi connectivity index (χ0n) is 5.28. The lowest BCUT2D eigenvalue weighted by atomic mass is 10.5. The van der Waals surface area contributed by atoms with Crippen LogP contribution in [0.5, 0.6) is 0 Å². The maximum absolute atomic E-state index is 5.62. The average molecular weight is 187 g/mol. The largest absolute Gasteiger partial charge is 0.258 e. The number of rotatable bonds is 1. The lowest BCUT2D eigenvalue weighted by Gasteiger charge is -1.83. The lowest BCUT2D eigenvalue weighted by molar-refractivity contribution is 1.09. The van der Waals surface area contributed by atoms with Crippen LogP contribution in [0.4, 0.5) is 0 Å². The predicted molar refractivity (Wildman–Crippen MR) is 42.5 cm³/mol. The number of nitrogens with one attached hydrogen (secondary N) is 1. The fourth-order valence-electron chi connectivity index (χ4n) is 0.690. The summed E-state index contributed by atoms with van der Waals surface area (Å²) in [5.41, 5.74) is 0.734. The van der Waals surface area contributed by atoms with E-state index in [0.717, 1.165) is 5.69 Å². The molecule has 0 saturated carbocycles. The molecule has 4 nitrogen and oxygen atoms in total. The van der Waals surface area contributed by atoms with Crippen molar-refractivity contribution in [3.63, 3.8) is 0 Å². The van der Waals surface area contributed by atoms with Gasteiger partial charge in [0.1, 0.15) is 12.0 Å². The number of nitrogens with zero attached hydrogens (tertiary/aromatic N) is 3. The molecule has 6 heteroatoms. The van der Waals surface area contributed by atoms with E-state index in [-0.39, 0.29) is 0 Å². The monoisotopic (exact) mass is 186 g/mol. The van der Waals surface area contributed by atoms with Gasteiger partial charge in [0.05, 0.1) is 0 Å². The Bertz CT molecular complexity index is 341. The first-order valence-corrected chi connectivity index (χ1v) is 4.09. The van der Waals surface area contributed by atoms with Gasteiger partial charge in [-0.05, 0) is 0 Å². The van der Waals surface area contributed by atoms with E-state index in [1.54, 1.807) is 0 Å².